The molecule has 3 rings (SSSR count). The highest BCUT2D eigenvalue weighted by atomic mass is 16.5. The van der Waals surface area contributed by atoms with Crippen LogP contribution >= 0.6 is 0 Å². The minimum absolute atomic E-state index is 0.0134. The summed E-state index contributed by atoms with van der Waals surface area (Å²) in [6.07, 6.45) is 6.72. The zero-order valence-corrected chi connectivity index (χ0v) is 12.6. The van der Waals surface area contributed by atoms with E-state index >= 15 is 0 Å². The molecule has 0 radical (unpaired) electrons. The van der Waals surface area contributed by atoms with Crippen LogP contribution in [-0.2, 0) is 0 Å². The molecule has 22 heavy (non-hydrogen) atoms. The van der Waals surface area contributed by atoms with E-state index in [0.29, 0.717) is 0 Å². The standard InChI is InChI=1S/C18H20N2O2/c1-3-12-4-6-17(20-11-12)18(21)14-8-9-19-16-7-5-13(22-2)10-15(14)16/h3,5,7-11,17-18,20-21H,1,4,6H2,2H3/t17-,18+/m0/s1. The van der Waals surface area contributed by atoms with E-state index in [1.54, 1.807) is 13.3 Å². The summed E-state index contributed by atoms with van der Waals surface area (Å²) in [6, 6.07) is 7.58. The molecule has 2 aromatic rings. The molecular weight excluding hydrogens is 276 g/mol. The van der Waals surface area contributed by atoms with Crippen LogP contribution in [0.1, 0.15) is 24.5 Å². The van der Waals surface area contributed by atoms with Gasteiger partial charge in [-0.1, -0.05) is 12.7 Å². The molecule has 0 aliphatic carbocycles. The Morgan fingerprint density at radius 3 is 3.00 bits per heavy atom. The van der Waals surface area contributed by atoms with Crippen LogP contribution in [-0.4, -0.2) is 23.2 Å². The Balaban J connectivity index is 1.95. The van der Waals surface area contributed by atoms with Crippen molar-refractivity contribution in [3.8, 4) is 5.75 Å². The highest BCUT2D eigenvalue weighted by molar-refractivity contribution is 5.83. The molecule has 2 N–H and O–H groups in total. The van der Waals surface area contributed by atoms with Gasteiger partial charge in [0.2, 0.25) is 0 Å². The summed E-state index contributed by atoms with van der Waals surface area (Å²) >= 11 is 0. The molecule has 0 amide bonds. The van der Waals surface area contributed by atoms with E-state index in [2.05, 4.69) is 16.9 Å². The van der Waals surface area contributed by atoms with Crippen molar-refractivity contribution in [1.82, 2.24) is 10.3 Å². The third-order valence-corrected chi connectivity index (χ3v) is 4.17. The predicted molar refractivity (Wildman–Crippen MR) is 87.7 cm³/mol. The van der Waals surface area contributed by atoms with E-state index < -0.39 is 6.10 Å². The number of rotatable bonds is 4. The molecule has 114 valence electrons. The van der Waals surface area contributed by atoms with E-state index in [4.69, 9.17) is 4.74 Å². The van der Waals surface area contributed by atoms with E-state index in [9.17, 15) is 5.11 Å². The molecule has 0 bridgehead atoms. The van der Waals surface area contributed by atoms with Gasteiger partial charge >= 0.3 is 0 Å². The van der Waals surface area contributed by atoms with Gasteiger partial charge in [-0.2, -0.15) is 0 Å². The van der Waals surface area contributed by atoms with E-state index in [1.165, 1.54) is 5.57 Å². The molecule has 1 aromatic heterocycles. The Kier molecular flexibility index (Phi) is 4.11. The van der Waals surface area contributed by atoms with Crippen LogP contribution in [0.2, 0.25) is 0 Å². The van der Waals surface area contributed by atoms with Crippen LogP contribution in [0.15, 0.2) is 54.9 Å². The normalized spacial score (nSPS) is 19.2. The minimum atomic E-state index is -0.597. The first kappa shape index (κ1) is 14.6. The van der Waals surface area contributed by atoms with Gasteiger partial charge in [-0.25, -0.2) is 0 Å². The number of benzene rings is 1. The van der Waals surface area contributed by atoms with Crippen molar-refractivity contribution < 1.29 is 9.84 Å². The van der Waals surface area contributed by atoms with Crippen LogP contribution < -0.4 is 10.1 Å². The number of hydrogen-bond acceptors (Lipinski definition) is 4. The Morgan fingerprint density at radius 1 is 1.45 bits per heavy atom. The number of methoxy groups -OCH3 is 1. The highest BCUT2D eigenvalue weighted by Gasteiger charge is 2.24. The van der Waals surface area contributed by atoms with Crippen LogP contribution in [0.25, 0.3) is 10.9 Å². The quantitative estimate of drug-likeness (QED) is 0.910. The van der Waals surface area contributed by atoms with E-state index in [1.807, 2.05) is 36.5 Å². The van der Waals surface area contributed by atoms with Crippen LogP contribution in [0.5, 0.6) is 5.75 Å². The molecule has 4 heteroatoms. The fourth-order valence-corrected chi connectivity index (χ4v) is 2.85. The topological polar surface area (TPSA) is 54.4 Å². The molecule has 1 aliphatic rings. The van der Waals surface area contributed by atoms with Crippen LogP contribution in [0.3, 0.4) is 0 Å². The molecule has 0 fully saturated rings. The Labute approximate surface area is 130 Å². The number of hydrogen-bond donors (Lipinski definition) is 2. The van der Waals surface area contributed by atoms with E-state index in [0.717, 1.165) is 35.1 Å². The third kappa shape index (κ3) is 2.70. The molecule has 0 saturated heterocycles. The van der Waals surface area contributed by atoms with Gasteiger partial charge in [0.1, 0.15) is 5.75 Å². The van der Waals surface area contributed by atoms with Gasteiger partial charge < -0.3 is 15.2 Å². The molecular formula is C18H20N2O2. The number of fused-ring (bicyclic) bond motifs is 1. The highest BCUT2D eigenvalue weighted by Crippen LogP contribution is 2.30. The SMILES string of the molecule is C=CC1=CN[C@H]([C@H](O)c2ccnc3ccc(OC)cc23)CC1. The Morgan fingerprint density at radius 2 is 2.32 bits per heavy atom. The summed E-state index contributed by atoms with van der Waals surface area (Å²) in [5, 5.41) is 15.0. The minimum Gasteiger partial charge on any atom is -0.497 e. The predicted octanol–water partition coefficient (Wildman–Crippen LogP) is 3.10. The number of pyridine rings is 1. The van der Waals surface area contributed by atoms with Gasteiger partial charge in [-0.05, 0) is 54.4 Å². The fraction of sp³-hybridized carbons (Fsp3) is 0.278. The largest absolute Gasteiger partial charge is 0.497 e. The van der Waals surface area contributed by atoms with Crippen molar-refractivity contribution in [2.24, 2.45) is 0 Å². The van der Waals surface area contributed by atoms with Gasteiger partial charge in [0.05, 0.1) is 24.8 Å². The summed E-state index contributed by atoms with van der Waals surface area (Å²) in [7, 11) is 1.64. The lowest BCUT2D eigenvalue weighted by Crippen LogP contribution is -2.34. The number of aliphatic hydroxyl groups is 1. The van der Waals surface area contributed by atoms with Crippen LogP contribution in [0, 0.1) is 0 Å². The third-order valence-electron chi connectivity index (χ3n) is 4.17. The van der Waals surface area contributed by atoms with Gasteiger partial charge in [0, 0.05) is 11.6 Å². The number of nitrogens with zero attached hydrogens (tertiary/aromatic N) is 1. The number of ether oxygens (including phenoxy) is 1. The number of allylic oxidation sites excluding steroid dienone is 2. The number of aromatic nitrogens is 1. The van der Waals surface area contributed by atoms with Gasteiger partial charge in [0.15, 0.2) is 0 Å². The first-order chi connectivity index (χ1) is 10.7. The summed E-state index contributed by atoms with van der Waals surface area (Å²) < 4.78 is 5.29. The summed E-state index contributed by atoms with van der Waals surface area (Å²) in [4.78, 5) is 4.36. The Hall–Kier alpha value is -2.33. The molecule has 1 aliphatic heterocycles. The van der Waals surface area contributed by atoms with Crippen molar-refractivity contribution in [3.05, 3.63) is 60.5 Å². The van der Waals surface area contributed by atoms with Crippen LogP contribution in [0.4, 0.5) is 0 Å². The molecule has 0 saturated carbocycles. The monoisotopic (exact) mass is 296 g/mol. The lowest BCUT2D eigenvalue weighted by atomic mass is 9.92. The van der Waals surface area contributed by atoms with Gasteiger partial charge in [-0.3, -0.25) is 4.98 Å². The van der Waals surface area contributed by atoms with Crippen molar-refractivity contribution in [3.63, 3.8) is 0 Å². The lowest BCUT2D eigenvalue weighted by molar-refractivity contribution is 0.129. The fourth-order valence-electron chi connectivity index (χ4n) is 2.85. The molecule has 4 nitrogen and oxygen atoms in total. The first-order valence-corrected chi connectivity index (χ1v) is 7.41. The average molecular weight is 296 g/mol. The molecule has 0 spiro atoms. The van der Waals surface area contributed by atoms with E-state index in [-0.39, 0.29) is 6.04 Å². The molecule has 0 unspecified atom stereocenters. The second-order valence-electron chi connectivity index (χ2n) is 5.46. The zero-order valence-electron chi connectivity index (χ0n) is 12.6. The zero-order chi connectivity index (χ0) is 15.5. The average Bonchev–Trinajstić information content (AvgIpc) is 2.60. The maximum absolute atomic E-state index is 10.8. The lowest BCUT2D eigenvalue weighted by Gasteiger charge is -2.28. The maximum Gasteiger partial charge on any atom is 0.119 e. The maximum atomic E-state index is 10.8. The van der Waals surface area contributed by atoms with Crippen molar-refractivity contribution in [2.45, 2.75) is 25.0 Å². The summed E-state index contributed by atoms with van der Waals surface area (Å²) in [5.74, 6) is 0.763. The number of aliphatic hydroxyl groups excluding tert-OH is 1. The molecule has 2 atom stereocenters. The molecule has 2 heterocycles. The van der Waals surface area contributed by atoms with Crippen molar-refractivity contribution in [2.75, 3.05) is 7.11 Å². The summed E-state index contributed by atoms with van der Waals surface area (Å²) in [6.45, 7) is 3.78. The summed E-state index contributed by atoms with van der Waals surface area (Å²) in [5.41, 5.74) is 2.90. The van der Waals surface area contributed by atoms with Gasteiger partial charge in [0.25, 0.3) is 0 Å². The van der Waals surface area contributed by atoms with Crippen molar-refractivity contribution >= 4 is 10.9 Å². The van der Waals surface area contributed by atoms with Crippen molar-refractivity contribution in [1.29, 1.82) is 0 Å². The second kappa shape index (κ2) is 6.20. The second-order valence-corrected chi connectivity index (χ2v) is 5.46. The molecule has 1 aromatic carbocycles. The Bertz CT molecular complexity index is 724. The smallest absolute Gasteiger partial charge is 0.119 e. The van der Waals surface area contributed by atoms with Gasteiger partial charge in [-0.15, -0.1) is 0 Å². The number of nitrogens with one attached hydrogen (secondary N) is 1. The first-order valence-electron chi connectivity index (χ1n) is 7.41.